The highest BCUT2D eigenvalue weighted by molar-refractivity contribution is 7.99. The van der Waals surface area contributed by atoms with Crippen LogP contribution in [0.15, 0.2) is 46.6 Å². The van der Waals surface area contributed by atoms with Gasteiger partial charge in [0.2, 0.25) is 0 Å². The molecule has 0 radical (unpaired) electrons. The lowest BCUT2D eigenvalue weighted by molar-refractivity contribution is 0.533. The molecule has 3 rings (SSSR count). The second-order valence-electron chi connectivity index (χ2n) is 3.31. The summed E-state index contributed by atoms with van der Waals surface area (Å²) >= 11 is 1.37. The molecule has 0 saturated carbocycles. The summed E-state index contributed by atoms with van der Waals surface area (Å²) < 4.78 is 13.2. The topological polar surface area (TPSA) is 54.5 Å². The van der Waals surface area contributed by atoms with E-state index in [2.05, 4.69) is 19.9 Å². The summed E-state index contributed by atoms with van der Waals surface area (Å²) in [7, 11) is 0. The predicted octanol–water partition coefficient (Wildman–Crippen LogP) is 2.64. The first-order valence-corrected chi connectivity index (χ1v) is 5.74. The van der Waals surface area contributed by atoms with Gasteiger partial charge < -0.3 is 4.98 Å². The maximum atomic E-state index is 13.2. The second kappa shape index (κ2) is 4.14. The van der Waals surface area contributed by atoms with Crippen LogP contribution in [0.25, 0.3) is 11.2 Å². The minimum Gasteiger partial charge on any atom is -0.341 e. The Bertz CT molecular complexity index is 653. The highest BCUT2D eigenvalue weighted by atomic mass is 32.2. The van der Waals surface area contributed by atoms with Crippen LogP contribution < -0.4 is 0 Å². The van der Waals surface area contributed by atoms with Crippen molar-refractivity contribution in [3.8, 4) is 0 Å². The minimum atomic E-state index is -0.761. The van der Waals surface area contributed by atoms with E-state index < -0.39 is 6.08 Å². The summed E-state index contributed by atoms with van der Waals surface area (Å²) in [5.74, 6) is 0. The summed E-state index contributed by atoms with van der Waals surface area (Å²) in [5, 5.41) is 0.538. The van der Waals surface area contributed by atoms with Crippen LogP contribution in [-0.2, 0) is 0 Å². The first-order valence-electron chi connectivity index (χ1n) is 4.92. The fourth-order valence-electron chi connectivity index (χ4n) is 1.46. The predicted molar refractivity (Wildman–Crippen MR) is 62.2 cm³/mol. The highest BCUT2D eigenvalue weighted by Crippen LogP contribution is 2.29. The largest absolute Gasteiger partial charge is 0.341 e. The van der Waals surface area contributed by atoms with E-state index in [9.17, 15) is 4.39 Å². The van der Waals surface area contributed by atoms with Crippen molar-refractivity contribution < 1.29 is 4.39 Å². The molecule has 6 heteroatoms. The maximum absolute atomic E-state index is 13.2. The lowest BCUT2D eigenvalue weighted by atomic mass is 10.4. The molecule has 2 heterocycles. The molecule has 0 atom stereocenters. The van der Waals surface area contributed by atoms with Crippen LogP contribution in [0.2, 0.25) is 0 Å². The van der Waals surface area contributed by atoms with Crippen molar-refractivity contribution in [2.24, 2.45) is 0 Å². The molecule has 0 amide bonds. The van der Waals surface area contributed by atoms with Gasteiger partial charge in [0.25, 0.3) is 0 Å². The minimum absolute atomic E-state index is 0.343. The first kappa shape index (κ1) is 10.2. The third kappa shape index (κ3) is 1.99. The van der Waals surface area contributed by atoms with Crippen molar-refractivity contribution in [3.05, 3.63) is 42.7 Å². The Kier molecular flexibility index (Phi) is 2.49. The molecular formula is C11H7FN4S. The Morgan fingerprint density at radius 1 is 1.12 bits per heavy atom. The molecule has 1 N–H and O–H groups in total. The molecule has 0 aliphatic heterocycles. The second-order valence-corrected chi connectivity index (χ2v) is 4.38. The molecule has 0 aliphatic rings. The van der Waals surface area contributed by atoms with Crippen LogP contribution in [0.1, 0.15) is 0 Å². The van der Waals surface area contributed by atoms with Gasteiger partial charge in [-0.2, -0.15) is 14.4 Å². The molecule has 17 heavy (non-hydrogen) atoms. The van der Waals surface area contributed by atoms with Crippen molar-refractivity contribution in [1.82, 2.24) is 19.9 Å². The molecule has 2 aromatic heterocycles. The van der Waals surface area contributed by atoms with Gasteiger partial charge in [0.15, 0.2) is 5.65 Å². The van der Waals surface area contributed by atoms with E-state index in [1.54, 1.807) is 0 Å². The van der Waals surface area contributed by atoms with E-state index in [0.717, 1.165) is 4.90 Å². The van der Waals surface area contributed by atoms with Crippen LogP contribution in [0.4, 0.5) is 4.39 Å². The SMILES string of the molecule is Fc1nc(Sc2ccccc2)c2[nH]cnc2n1. The quantitative estimate of drug-likeness (QED) is 0.558. The Morgan fingerprint density at radius 2 is 1.94 bits per heavy atom. The first-order chi connectivity index (χ1) is 8.33. The number of nitrogens with one attached hydrogen (secondary N) is 1. The lowest BCUT2D eigenvalue weighted by Gasteiger charge is -2.01. The normalized spacial score (nSPS) is 10.9. The van der Waals surface area contributed by atoms with Gasteiger partial charge in [0.05, 0.1) is 6.33 Å². The average Bonchev–Trinajstić information content (AvgIpc) is 2.78. The molecule has 0 unspecified atom stereocenters. The number of hydrogen-bond acceptors (Lipinski definition) is 4. The Hall–Kier alpha value is -1.95. The number of aromatic amines is 1. The Labute approximate surface area is 100 Å². The molecule has 0 bridgehead atoms. The molecule has 0 spiro atoms. The van der Waals surface area contributed by atoms with E-state index in [4.69, 9.17) is 0 Å². The van der Waals surface area contributed by atoms with Crippen LogP contribution in [0.5, 0.6) is 0 Å². The van der Waals surface area contributed by atoms with Gasteiger partial charge in [0, 0.05) is 4.90 Å². The van der Waals surface area contributed by atoms with Crippen LogP contribution in [-0.4, -0.2) is 19.9 Å². The highest BCUT2D eigenvalue weighted by Gasteiger charge is 2.10. The monoisotopic (exact) mass is 246 g/mol. The summed E-state index contributed by atoms with van der Waals surface area (Å²) in [6.45, 7) is 0. The van der Waals surface area contributed by atoms with Crippen molar-refractivity contribution in [2.75, 3.05) is 0 Å². The summed E-state index contributed by atoms with van der Waals surface area (Å²) in [5.41, 5.74) is 0.996. The number of benzene rings is 1. The van der Waals surface area contributed by atoms with Crippen LogP contribution in [0.3, 0.4) is 0 Å². The average molecular weight is 246 g/mol. The fourth-order valence-corrected chi connectivity index (χ4v) is 2.35. The smallest absolute Gasteiger partial charge is 0.311 e. The molecule has 1 aromatic carbocycles. The molecule has 84 valence electrons. The standard InChI is InChI=1S/C11H7FN4S/c12-11-15-9-8(13-6-14-9)10(16-11)17-7-4-2-1-3-5-7/h1-6H,(H,13,14,15,16). The van der Waals surface area contributed by atoms with Crippen LogP contribution >= 0.6 is 11.8 Å². The number of rotatable bonds is 2. The van der Waals surface area contributed by atoms with Crippen molar-refractivity contribution in [2.45, 2.75) is 9.92 Å². The van der Waals surface area contributed by atoms with Gasteiger partial charge in [-0.1, -0.05) is 30.0 Å². The zero-order valence-electron chi connectivity index (χ0n) is 8.59. The van der Waals surface area contributed by atoms with Gasteiger partial charge in [-0.15, -0.1) is 0 Å². The summed E-state index contributed by atoms with van der Waals surface area (Å²) in [6.07, 6.45) is 0.719. The lowest BCUT2D eigenvalue weighted by Crippen LogP contribution is -1.93. The van der Waals surface area contributed by atoms with E-state index in [1.165, 1.54) is 18.1 Å². The van der Waals surface area contributed by atoms with E-state index in [1.807, 2.05) is 30.3 Å². The van der Waals surface area contributed by atoms with Gasteiger partial charge in [-0.05, 0) is 12.1 Å². The zero-order valence-corrected chi connectivity index (χ0v) is 9.41. The van der Waals surface area contributed by atoms with Gasteiger partial charge in [-0.25, -0.2) is 4.98 Å². The van der Waals surface area contributed by atoms with Gasteiger partial charge in [-0.3, -0.25) is 0 Å². The summed E-state index contributed by atoms with van der Waals surface area (Å²) in [4.78, 5) is 15.2. The maximum Gasteiger partial charge on any atom is 0.311 e. The van der Waals surface area contributed by atoms with Crippen molar-refractivity contribution >= 4 is 22.9 Å². The summed E-state index contributed by atoms with van der Waals surface area (Å²) in [6, 6.07) is 9.64. The number of hydrogen-bond donors (Lipinski definition) is 1. The third-order valence-corrected chi connectivity index (χ3v) is 3.18. The van der Waals surface area contributed by atoms with E-state index >= 15 is 0 Å². The number of fused-ring (bicyclic) bond motifs is 1. The third-order valence-electron chi connectivity index (χ3n) is 2.18. The number of halogens is 1. The van der Waals surface area contributed by atoms with Gasteiger partial charge >= 0.3 is 6.08 Å². The van der Waals surface area contributed by atoms with Gasteiger partial charge in [0.1, 0.15) is 10.5 Å². The van der Waals surface area contributed by atoms with E-state index in [0.29, 0.717) is 16.2 Å². The Morgan fingerprint density at radius 3 is 2.76 bits per heavy atom. The molecule has 4 nitrogen and oxygen atoms in total. The number of H-pyrrole nitrogens is 1. The Balaban J connectivity index is 2.08. The van der Waals surface area contributed by atoms with E-state index in [-0.39, 0.29) is 0 Å². The van der Waals surface area contributed by atoms with Crippen molar-refractivity contribution in [3.63, 3.8) is 0 Å². The molecular weight excluding hydrogens is 239 g/mol. The van der Waals surface area contributed by atoms with Crippen molar-refractivity contribution in [1.29, 1.82) is 0 Å². The number of aromatic nitrogens is 4. The zero-order chi connectivity index (χ0) is 11.7. The fraction of sp³-hybridized carbons (Fsp3) is 0. The molecule has 0 fully saturated rings. The number of nitrogens with zero attached hydrogens (tertiary/aromatic N) is 3. The number of imidazole rings is 1. The molecule has 3 aromatic rings. The van der Waals surface area contributed by atoms with Crippen LogP contribution in [0, 0.1) is 6.08 Å². The molecule has 0 aliphatic carbocycles. The molecule has 0 saturated heterocycles.